The van der Waals surface area contributed by atoms with Gasteiger partial charge in [0, 0.05) is 36.9 Å². The molecule has 0 radical (unpaired) electrons. The largest absolute Gasteiger partial charge is 0.497 e. The summed E-state index contributed by atoms with van der Waals surface area (Å²) in [6, 6.07) is 5.35. The van der Waals surface area contributed by atoms with E-state index >= 15 is 0 Å². The molecule has 1 amide bonds. The smallest absolute Gasteiger partial charge is 0.225 e. The predicted molar refractivity (Wildman–Crippen MR) is 78.5 cm³/mol. The van der Waals surface area contributed by atoms with Crippen molar-refractivity contribution in [3.63, 3.8) is 0 Å². The number of likely N-dealkylation sites (tertiary alicyclic amines) is 1. The van der Waals surface area contributed by atoms with Crippen molar-refractivity contribution in [2.45, 2.75) is 19.3 Å². The van der Waals surface area contributed by atoms with Crippen LogP contribution in [0.4, 0.5) is 5.69 Å². The molecule has 20 heavy (non-hydrogen) atoms. The van der Waals surface area contributed by atoms with Gasteiger partial charge in [-0.2, -0.15) is 0 Å². The van der Waals surface area contributed by atoms with E-state index in [9.17, 15) is 4.79 Å². The van der Waals surface area contributed by atoms with E-state index in [0.29, 0.717) is 23.6 Å². The normalized spacial score (nSPS) is 15.1. The molecular formula is C15H22N2O3. The van der Waals surface area contributed by atoms with Gasteiger partial charge in [0.1, 0.15) is 11.5 Å². The molecule has 5 heteroatoms. The number of benzene rings is 1. The van der Waals surface area contributed by atoms with Crippen molar-refractivity contribution in [1.29, 1.82) is 0 Å². The van der Waals surface area contributed by atoms with Gasteiger partial charge in [0.25, 0.3) is 0 Å². The van der Waals surface area contributed by atoms with E-state index in [0.717, 1.165) is 19.6 Å². The minimum Gasteiger partial charge on any atom is -0.497 e. The molecular weight excluding hydrogens is 256 g/mol. The Kier molecular flexibility index (Phi) is 5.24. The van der Waals surface area contributed by atoms with Gasteiger partial charge in [0.2, 0.25) is 5.91 Å². The molecule has 0 unspecified atom stereocenters. The molecule has 0 aromatic heterocycles. The first-order valence-electron chi connectivity index (χ1n) is 6.96. The van der Waals surface area contributed by atoms with Gasteiger partial charge in [-0.3, -0.25) is 4.79 Å². The lowest BCUT2D eigenvalue weighted by molar-refractivity contribution is -0.116. The lowest BCUT2D eigenvalue weighted by atomic mass is 10.2. The van der Waals surface area contributed by atoms with Gasteiger partial charge >= 0.3 is 0 Å². The van der Waals surface area contributed by atoms with Crippen molar-refractivity contribution < 1.29 is 14.3 Å². The Morgan fingerprint density at radius 1 is 1.15 bits per heavy atom. The summed E-state index contributed by atoms with van der Waals surface area (Å²) in [4.78, 5) is 14.3. The molecule has 1 fully saturated rings. The predicted octanol–water partition coefficient (Wildman–Crippen LogP) is 2.13. The van der Waals surface area contributed by atoms with Crippen LogP contribution >= 0.6 is 0 Å². The summed E-state index contributed by atoms with van der Waals surface area (Å²) in [5, 5.41) is 2.89. The third-order valence-electron chi connectivity index (χ3n) is 3.49. The summed E-state index contributed by atoms with van der Waals surface area (Å²) in [5.74, 6) is 1.35. The highest BCUT2D eigenvalue weighted by atomic mass is 16.5. The van der Waals surface area contributed by atoms with E-state index in [-0.39, 0.29) is 5.91 Å². The number of hydrogen-bond acceptors (Lipinski definition) is 4. The summed E-state index contributed by atoms with van der Waals surface area (Å²) in [6.45, 7) is 3.05. The third kappa shape index (κ3) is 4.13. The molecule has 110 valence electrons. The molecule has 2 rings (SSSR count). The summed E-state index contributed by atoms with van der Waals surface area (Å²) in [7, 11) is 3.18. The second-order valence-corrected chi connectivity index (χ2v) is 4.95. The lowest BCUT2D eigenvalue weighted by Crippen LogP contribution is -2.25. The van der Waals surface area contributed by atoms with Gasteiger partial charge in [0.15, 0.2) is 0 Å². The van der Waals surface area contributed by atoms with Crippen LogP contribution in [0.3, 0.4) is 0 Å². The minimum atomic E-state index is 0.0206. The van der Waals surface area contributed by atoms with E-state index in [4.69, 9.17) is 9.47 Å². The van der Waals surface area contributed by atoms with Crippen molar-refractivity contribution >= 4 is 11.6 Å². The third-order valence-corrected chi connectivity index (χ3v) is 3.49. The molecule has 1 aromatic carbocycles. The molecule has 0 aliphatic carbocycles. The second-order valence-electron chi connectivity index (χ2n) is 4.95. The first-order chi connectivity index (χ1) is 9.71. The highest BCUT2D eigenvalue weighted by Crippen LogP contribution is 2.25. The topological polar surface area (TPSA) is 50.8 Å². The zero-order valence-corrected chi connectivity index (χ0v) is 12.1. The Morgan fingerprint density at radius 2 is 1.75 bits per heavy atom. The maximum absolute atomic E-state index is 11.9. The molecule has 1 aromatic rings. The SMILES string of the molecule is COc1cc(NC(=O)CCN2CCCC2)cc(OC)c1. The Labute approximate surface area is 119 Å². The number of hydrogen-bond donors (Lipinski definition) is 1. The van der Waals surface area contributed by atoms with E-state index in [1.54, 1.807) is 32.4 Å². The van der Waals surface area contributed by atoms with Gasteiger partial charge in [-0.1, -0.05) is 0 Å². The fourth-order valence-corrected chi connectivity index (χ4v) is 2.37. The van der Waals surface area contributed by atoms with Crippen LogP contribution in [0, 0.1) is 0 Å². The second kappa shape index (κ2) is 7.14. The molecule has 5 nitrogen and oxygen atoms in total. The fraction of sp³-hybridized carbons (Fsp3) is 0.533. The first-order valence-corrected chi connectivity index (χ1v) is 6.96. The lowest BCUT2D eigenvalue weighted by Gasteiger charge is -2.14. The van der Waals surface area contributed by atoms with Crippen LogP contribution in [-0.2, 0) is 4.79 Å². The molecule has 0 bridgehead atoms. The van der Waals surface area contributed by atoms with Crippen molar-refractivity contribution in [3.05, 3.63) is 18.2 Å². The van der Waals surface area contributed by atoms with E-state index in [2.05, 4.69) is 10.2 Å². The molecule has 0 saturated carbocycles. The van der Waals surface area contributed by atoms with E-state index in [1.807, 2.05) is 0 Å². The number of ether oxygens (including phenoxy) is 2. The number of anilines is 1. The molecule has 0 spiro atoms. The number of nitrogens with zero attached hydrogens (tertiary/aromatic N) is 1. The van der Waals surface area contributed by atoms with Crippen molar-refractivity contribution in [2.24, 2.45) is 0 Å². The van der Waals surface area contributed by atoms with Crippen molar-refractivity contribution in [1.82, 2.24) is 4.90 Å². The molecule has 0 atom stereocenters. The van der Waals surface area contributed by atoms with Gasteiger partial charge < -0.3 is 19.7 Å². The maximum atomic E-state index is 11.9. The average molecular weight is 278 g/mol. The Morgan fingerprint density at radius 3 is 2.30 bits per heavy atom. The quantitative estimate of drug-likeness (QED) is 0.866. The average Bonchev–Trinajstić information content (AvgIpc) is 2.98. The van der Waals surface area contributed by atoms with Crippen LogP contribution in [0.15, 0.2) is 18.2 Å². The summed E-state index contributed by atoms with van der Waals surface area (Å²) < 4.78 is 10.4. The minimum absolute atomic E-state index is 0.0206. The van der Waals surface area contributed by atoms with Crippen LogP contribution < -0.4 is 14.8 Å². The first kappa shape index (κ1) is 14.7. The van der Waals surface area contributed by atoms with Crippen molar-refractivity contribution in [3.8, 4) is 11.5 Å². The molecule has 1 aliphatic heterocycles. The summed E-state index contributed by atoms with van der Waals surface area (Å²) in [5.41, 5.74) is 0.702. The van der Waals surface area contributed by atoms with Crippen LogP contribution in [-0.4, -0.2) is 44.7 Å². The van der Waals surface area contributed by atoms with Crippen LogP contribution in [0.5, 0.6) is 11.5 Å². The Balaban J connectivity index is 1.89. The number of nitrogens with one attached hydrogen (secondary N) is 1. The van der Waals surface area contributed by atoms with Gasteiger partial charge in [-0.05, 0) is 25.9 Å². The number of amides is 1. The zero-order chi connectivity index (χ0) is 14.4. The van der Waals surface area contributed by atoms with Crippen LogP contribution in [0.2, 0.25) is 0 Å². The van der Waals surface area contributed by atoms with Crippen LogP contribution in [0.1, 0.15) is 19.3 Å². The van der Waals surface area contributed by atoms with E-state index < -0.39 is 0 Å². The molecule has 1 heterocycles. The number of rotatable bonds is 6. The monoisotopic (exact) mass is 278 g/mol. The number of carbonyl (C=O) groups is 1. The maximum Gasteiger partial charge on any atom is 0.225 e. The molecule has 1 saturated heterocycles. The number of carbonyl (C=O) groups excluding carboxylic acids is 1. The highest BCUT2D eigenvalue weighted by Gasteiger charge is 2.13. The van der Waals surface area contributed by atoms with E-state index in [1.165, 1.54) is 12.8 Å². The molecule has 1 aliphatic rings. The number of methoxy groups -OCH3 is 2. The van der Waals surface area contributed by atoms with Gasteiger partial charge in [-0.25, -0.2) is 0 Å². The fourth-order valence-electron chi connectivity index (χ4n) is 2.37. The van der Waals surface area contributed by atoms with Gasteiger partial charge in [-0.15, -0.1) is 0 Å². The van der Waals surface area contributed by atoms with Crippen LogP contribution in [0.25, 0.3) is 0 Å². The molecule has 1 N–H and O–H groups in total. The Hall–Kier alpha value is -1.75. The highest BCUT2D eigenvalue weighted by molar-refractivity contribution is 5.91. The summed E-state index contributed by atoms with van der Waals surface area (Å²) in [6.07, 6.45) is 3.00. The Bertz CT molecular complexity index is 434. The zero-order valence-electron chi connectivity index (χ0n) is 12.1. The van der Waals surface area contributed by atoms with Crippen molar-refractivity contribution in [2.75, 3.05) is 39.2 Å². The van der Waals surface area contributed by atoms with Gasteiger partial charge in [0.05, 0.1) is 14.2 Å². The standard InChI is InChI=1S/C15H22N2O3/c1-19-13-9-12(10-14(11-13)20-2)16-15(18)5-8-17-6-3-4-7-17/h9-11H,3-8H2,1-2H3,(H,16,18). The summed E-state index contributed by atoms with van der Waals surface area (Å²) >= 11 is 0.